The Morgan fingerprint density at radius 2 is 1.76 bits per heavy atom. The first-order valence-electron chi connectivity index (χ1n) is 17.7. The smallest absolute Gasteiger partial charge is 0.264 e. The van der Waals surface area contributed by atoms with Crippen molar-refractivity contribution in [1.82, 2.24) is 4.90 Å². The van der Waals surface area contributed by atoms with Gasteiger partial charge in [-0.25, -0.2) is 0 Å². The molecule has 3 aromatic rings. The second-order valence-electron chi connectivity index (χ2n) is 14.4. The maximum Gasteiger partial charge on any atom is 0.264 e. The number of fused-ring (bicyclic) bond motifs is 2. The number of benzene rings is 3. The molecule has 0 saturated carbocycles. The summed E-state index contributed by atoms with van der Waals surface area (Å²) in [7, 11) is -3.50. The topological polar surface area (TPSA) is 90.4 Å². The lowest BCUT2D eigenvalue weighted by Crippen LogP contribution is -2.45. The van der Waals surface area contributed by atoms with E-state index < -0.39 is 31.6 Å². The molecule has 1 spiro atoms. The summed E-state index contributed by atoms with van der Waals surface area (Å²) in [5, 5.41) is 9.81. The molecule has 2 fully saturated rings. The number of ether oxygens (including phenoxy) is 1. The highest BCUT2D eigenvalue weighted by atomic mass is 79.9. The van der Waals surface area contributed by atoms with Crippen LogP contribution in [-0.4, -0.2) is 61.9 Å². The number of nitrogens with zero attached hydrogens (tertiary/aromatic N) is 3. The number of halogens is 2. The lowest BCUT2D eigenvalue weighted by molar-refractivity contribution is -0.150. The monoisotopic (exact) mass is 763 g/mol. The van der Waals surface area contributed by atoms with Crippen LogP contribution in [0.25, 0.3) is 0 Å². The largest absolute Gasteiger partial charge is 0.395 e. The SMILES string of the molecule is C[C@@H]1[C@@H]([Si](C)(C)F)[C@H](CC(=O)N(CCO)Cc2ccccc2)O[C@@]12C(=O)N(Cc1cccc(N3CCCCCCC3=O)c1)c1ccc(Br)cc12. The maximum atomic E-state index is 16.4. The van der Waals surface area contributed by atoms with Gasteiger partial charge in [0.2, 0.25) is 20.2 Å². The average Bonchev–Trinajstić information content (AvgIpc) is 3.49. The normalized spacial score (nSPS) is 24.0. The molecular formula is C39H47BrFN3O5Si. The van der Waals surface area contributed by atoms with E-state index in [1.54, 1.807) is 22.9 Å². The number of aliphatic hydroxyl groups excluding tert-OH is 1. The molecule has 11 heteroatoms. The van der Waals surface area contributed by atoms with Gasteiger partial charge in [0.15, 0.2) is 5.60 Å². The quantitative estimate of drug-likeness (QED) is 0.171. The van der Waals surface area contributed by atoms with Crippen molar-refractivity contribution in [2.45, 2.75) is 88.9 Å². The van der Waals surface area contributed by atoms with Crippen LogP contribution in [0.3, 0.4) is 0 Å². The van der Waals surface area contributed by atoms with Gasteiger partial charge in [-0.15, -0.1) is 0 Å². The summed E-state index contributed by atoms with van der Waals surface area (Å²) in [6.07, 6.45) is 3.59. The van der Waals surface area contributed by atoms with Gasteiger partial charge >= 0.3 is 0 Å². The van der Waals surface area contributed by atoms with Gasteiger partial charge in [-0.05, 0) is 67.4 Å². The van der Waals surface area contributed by atoms with Crippen LogP contribution >= 0.6 is 15.9 Å². The van der Waals surface area contributed by atoms with Crippen molar-refractivity contribution in [2.75, 3.05) is 29.5 Å². The van der Waals surface area contributed by atoms with Crippen LogP contribution in [0.15, 0.2) is 77.3 Å². The maximum absolute atomic E-state index is 16.4. The summed E-state index contributed by atoms with van der Waals surface area (Å²) < 4.78 is 24.1. The van der Waals surface area contributed by atoms with E-state index in [2.05, 4.69) is 15.9 Å². The Morgan fingerprint density at radius 3 is 2.50 bits per heavy atom. The molecule has 3 aliphatic heterocycles. The molecule has 0 aliphatic carbocycles. The first-order chi connectivity index (χ1) is 23.9. The Balaban J connectivity index is 1.32. The van der Waals surface area contributed by atoms with Gasteiger partial charge in [0.05, 0.1) is 31.4 Å². The molecule has 0 unspecified atom stereocenters. The van der Waals surface area contributed by atoms with Crippen LogP contribution in [0.1, 0.15) is 62.1 Å². The Hall–Kier alpha value is -3.38. The molecule has 0 radical (unpaired) electrons. The van der Waals surface area contributed by atoms with Crippen molar-refractivity contribution in [2.24, 2.45) is 5.92 Å². The van der Waals surface area contributed by atoms with Crippen molar-refractivity contribution in [3.63, 3.8) is 0 Å². The van der Waals surface area contributed by atoms with E-state index in [-0.39, 0.29) is 43.8 Å². The van der Waals surface area contributed by atoms with Crippen molar-refractivity contribution in [3.05, 3.63) is 94.0 Å². The fourth-order valence-corrected chi connectivity index (χ4v) is 11.2. The molecule has 4 atom stereocenters. The molecule has 3 heterocycles. The highest BCUT2D eigenvalue weighted by Gasteiger charge is 2.67. The number of hydrogen-bond donors (Lipinski definition) is 1. The Morgan fingerprint density at radius 1 is 1.02 bits per heavy atom. The van der Waals surface area contributed by atoms with Gasteiger partial charge < -0.3 is 28.7 Å². The fourth-order valence-electron chi connectivity index (χ4n) is 8.33. The molecule has 6 rings (SSSR count). The Labute approximate surface area is 303 Å². The molecule has 1 N–H and O–H groups in total. The Bertz CT molecular complexity index is 1720. The molecule has 0 bridgehead atoms. The van der Waals surface area contributed by atoms with E-state index in [1.807, 2.05) is 84.6 Å². The Kier molecular flexibility index (Phi) is 11.0. The van der Waals surface area contributed by atoms with E-state index in [0.717, 1.165) is 47.0 Å². The lowest BCUT2D eigenvalue weighted by Gasteiger charge is -2.31. The summed E-state index contributed by atoms with van der Waals surface area (Å²) in [5.41, 5.74) is 1.83. The van der Waals surface area contributed by atoms with E-state index in [9.17, 15) is 19.5 Å². The number of anilines is 2. The van der Waals surface area contributed by atoms with Crippen molar-refractivity contribution in [3.8, 4) is 0 Å². The molecule has 0 aromatic heterocycles. The van der Waals surface area contributed by atoms with Crippen LogP contribution in [0.2, 0.25) is 18.6 Å². The minimum atomic E-state index is -3.50. The number of aliphatic hydroxyl groups is 1. The third-order valence-corrected chi connectivity index (χ3v) is 13.6. The summed E-state index contributed by atoms with van der Waals surface area (Å²) in [6, 6.07) is 23.0. The van der Waals surface area contributed by atoms with Crippen LogP contribution in [0.4, 0.5) is 15.5 Å². The first kappa shape index (κ1) is 36.4. The van der Waals surface area contributed by atoms with Gasteiger partial charge in [-0.2, -0.15) is 0 Å². The first-order valence-corrected chi connectivity index (χ1v) is 21.5. The zero-order valence-corrected chi connectivity index (χ0v) is 31.7. The minimum absolute atomic E-state index is 0.105. The zero-order chi connectivity index (χ0) is 35.6. The van der Waals surface area contributed by atoms with Gasteiger partial charge in [-0.1, -0.05) is 78.2 Å². The third-order valence-electron chi connectivity index (χ3n) is 10.6. The third kappa shape index (κ3) is 7.19. The van der Waals surface area contributed by atoms with Crippen molar-refractivity contribution in [1.29, 1.82) is 0 Å². The average molecular weight is 765 g/mol. The van der Waals surface area contributed by atoms with E-state index in [4.69, 9.17) is 4.74 Å². The number of carbonyl (C=O) groups excluding carboxylic acids is 3. The highest BCUT2D eigenvalue weighted by Crippen LogP contribution is 2.60. The van der Waals surface area contributed by atoms with E-state index in [0.29, 0.717) is 30.8 Å². The summed E-state index contributed by atoms with van der Waals surface area (Å²) >= 11 is 3.60. The van der Waals surface area contributed by atoms with Gasteiger partial charge in [0.1, 0.15) is 0 Å². The predicted molar refractivity (Wildman–Crippen MR) is 199 cm³/mol. The van der Waals surface area contributed by atoms with Gasteiger partial charge in [0.25, 0.3) is 5.91 Å². The number of amides is 3. The molecule has 3 amide bonds. The van der Waals surface area contributed by atoms with Gasteiger partial charge in [0, 0.05) is 53.2 Å². The van der Waals surface area contributed by atoms with Crippen LogP contribution in [-0.2, 0) is 37.8 Å². The van der Waals surface area contributed by atoms with Crippen molar-refractivity contribution < 1.29 is 28.3 Å². The predicted octanol–water partition coefficient (Wildman–Crippen LogP) is 7.48. The molecule has 3 aliphatic rings. The minimum Gasteiger partial charge on any atom is -0.395 e. The van der Waals surface area contributed by atoms with E-state index >= 15 is 4.11 Å². The highest BCUT2D eigenvalue weighted by molar-refractivity contribution is 9.10. The molecule has 2 saturated heterocycles. The van der Waals surface area contributed by atoms with Crippen molar-refractivity contribution >= 4 is 53.4 Å². The van der Waals surface area contributed by atoms with Crippen LogP contribution in [0, 0.1) is 5.92 Å². The summed E-state index contributed by atoms with van der Waals surface area (Å²) in [6.45, 7) is 6.28. The molecule has 266 valence electrons. The van der Waals surface area contributed by atoms with Crippen LogP contribution < -0.4 is 9.80 Å². The number of rotatable bonds is 10. The molecular weight excluding hydrogens is 717 g/mol. The number of hydrogen-bond acceptors (Lipinski definition) is 5. The molecule has 8 nitrogen and oxygen atoms in total. The second-order valence-corrected chi connectivity index (χ2v) is 19.1. The van der Waals surface area contributed by atoms with Crippen LogP contribution in [0.5, 0.6) is 0 Å². The second kappa shape index (κ2) is 15.1. The number of carbonyl (C=O) groups is 3. The molecule has 50 heavy (non-hydrogen) atoms. The lowest BCUT2D eigenvalue weighted by atomic mass is 9.82. The zero-order valence-electron chi connectivity index (χ0n) is 29.1. The fraction of sp³-hybridized carbons (Fsp3) is 0.462. The molecule has 3 aromatic carbocycles. The standard InChI is InChI=1S/C39H47BrFN3O5Si/c1-27-37(50(2,3)41)34(24-36(47)42(20-21-45)25-28-12-7-6-8-13-28)49-39(27)32-23-30(40)17-18-33(32)44(38(39)48)26-29-14-11-15-31(22-29)43-19-10-5-4-9-16-35(43)46/h6-8,11-15,17-18,22-23,27,34,37,45H,4-5,9-10,16,19-21,24-26H2,1-3H3/t27-,34+,37-,39+/m1/s1. The van der Waals surface area contributed by atoms with Gasteiger partial charge in [-0.3, -0.25) is 14.4 Å². The van der Waals surface area contributed by atoms with E-state index in [1.165, 1.54) is 0 Å². The summed E-state index contributed by atoms with van der Waals surface area (Å²) in [4.78, 5) is 47.0. The summed E-state index contributed by atoms with van der Waals surface area (Å²) in [5.74, 6) is -0.969.